The molecule has 33 heavy (non-hydrogen) atoms. The van der Waals surface area contributed by atoms with Crippen molar-refractivity contribution < 1.29 is 0 Å². The van der Waals surface area contributed by atoms with Gasteiger partial charge >= 0.3 is 0 Å². The molecule has 0 amide bonds. The van der Waals surface area contributed by atoms with E-state index in [1.165, 1.54) is 96.0 Å². The molecule has 3 aromatic carbocycles. The number of nitrogens with zero attached hydrogens (tertiary/aromatic N) is 1. The molecular formula is C32H35N. The summed E-state index contributed by atoms with van der Waals surface area (Å²) in [5.74, 6) is 0.737. The molecule has 1 spiro atoms. The van der Waals surface area contributed by atoms with Gasteiger partial charge in [-0.3, -0.25) is 4.98 Å². The Kier molecular flexibility index (Phi) is 5.24. The molecule has 1 aromatic heterocycles. The van der Waals surface area contributed by atoms with Crippen LogP contribution < -0.4 is 0 Å². The van der Waals surface area contributed by atoms with Crippen LogP contribution in [0.2, 0.25) is 0 Å². The standard InChI is InChI=1S/C32H35N/c1-22-18-23(2)20-27(19-22)31-30-9-7-26-21-25(6-8-28(26)29(30)12-17-33-31)24-10-15-32(16-11-24)13-4-3-5-14-32/h6-9,12,17-21,24H,3-5,10-11,13-16H2,1-2H3. The highest BCUT2D eigenvalue weighted by Crippen LogP contribution is 2.51. The molecule has 2 aliphatic rings. The van der Waals surface area contributed by atoms with Crippen molar-refractivity contribution in [1.29, 1.82) is 0 Å². The van der Waals surface area contributed by atoms with Gasteiger partial charge in [0.1, 0.15) is 0 Å². The second-order valence-corrected chi connectivity index (χ2v) is 11.0. The lowest BCUT2D eigenvalue weighted by molar-refractivity contribution is 0.114. The summed E-state index contributed by atoms with van der Waals surface area (Å²) in [5.41, 5.74) is 7.13. The van der Waals surface area contributed by atoms with E-state index in [2.05, 4.69) is 68.4 Å². The normalized spacial score (nSPS) is 18.8. The summed E-state index contributed by atoms with van der Waals surface area (Å²) in [6.45, 7) is 4.33. The highest BCUT2D eigenvalue weighted by molar-refractivity contribution is 6.11. The van der Waals surface area contributed by atoms with Crippen LogP contribution in [0.4, 0.5) is 0 Å². The van der Waals surface area contributed by atoms with Crippen molar-refractivity contribution in [3.8, 4) is 11.3 Å². The quantitative estimate of drug-likeness (QED) is 0.287. The van der Waals surface area contributed by atoms with Crippen LogP contribution in [-0.4, -0.2) is 4.98 Å². The number of pyridine rings is 1. The van der Waals surface area contributed by atoms with E-state index in [1.54, 1.807) is 5.56 Å². The van der Waals surface area contributed by atoms with Crippen molar-refractivity contribution in [2.24, 2.45) is 5.41 Å². The summed E-state index contributed by atoms with van der Waals surface area (Å²) in [6.07, 6.45) is 15.0. The Labute approximate surface area is 198 Å². The van der Waals surface area contributed by atoms with Gasteiger partial charge in [-0.25, -0.2) is 0 Å². The molecule has 1 heteroatoms. The van der Waals surface area contributed by atoms with Gasteiger partial charge in [0.05, 0.1) is 5.69 Å². The molecule has 1 nitrogen and oxygen atoms in total. The predicted octanol–water partition coefficient (Wildman–Crippen LogP) is 9.28. The van der Waals surface area contributed by atoms with Gasteiger partial charge in [-0.2, -0.15) is 0 Å². The van der Waals surface area contributed by atoms with Crippen LogP contribution in [0.25, 0.3) is 32.8 Å². The third kappa shape index (κ3) is 3.86. The third-order valence-corrected chi connectivity index (χ3v) is 8.71. The minimum atomic E-state index is 0.694. The molecule has 0 atom stereocenters. The lowest BCUT2D eigenvalue weighted by Gasteiger charge is -2.43. The lowest BCUT2D eigenvalue weighted by Crippen LogP contribution is -2.29. The zero-order chi connectivity index (χ0) is 22.4. The van der Waals surface area contributed by atoms with E-state index in [4.69, 9.17) is 4.98 Å². The van der Waals surface area contributed by atoms with Crippen LogP contribution in [0.3, 0.4) is 0 Å². The highest BCUT2D eigenvalue weighted by Gasteiger charge is 2.36. The number of aromatic nitrogens is 1. The van der Waals surface area contributed by atoms with E-state index in [-0.39, 0.29) is 0 Å². The van der Waals surface area contributed by atoms with E-state index in [9.17, 15) is 0 Å². The van der Waals surface area contributed by atoms with Crippen LogP contribution in [0.15, 0.2) is 60.8 Å². The van der Waals surface area contributed by atoms with E-state index >= 15 is 0 Å². The molecule has 2 aliphatic carbocycles. The van der Waals surface area contributed by atoms with Crippen molar-refractivity contribution in [2.45, 2.75) is 77.6 Å². The van der Waals surface area contributed by atoms with Gasteiger partial charge in [0.2, 0.25) is 0 Å². The molecular weight excluding hydrogens is 398 g/mol. The molecule has 4 aromatic rings. The largest absolute Gasteiger partial charge is 0.256 e. The molecule has 0 N–H and O–H groups in total. The van der Waals surface area contributed by atoms with Crippen molar-refractivity contribution in [3.05, 3.63) is 77.5 Å². The maximum Gasteiger partial charge on any atom is 0.0780 e. The molecule has 0 saturated heterocycles. The van der Waals surface area contributed by atoms with Crippen molar-refractivity contribution in [2.75, 3.05) is 0 Å². The van der Waals surface area contributed by atoms with Crippen LogP contribution in [-0.2, 0) is 0 Å². The monoisotopic (exact) mass is 433 g/mol. The minimum absolute atomic E-state index is 0.694. The van der Waals surface area contributed by atoms with E-state index < -0.39 is 0 Å². The Balaban J connectivity index is 1.34. The highest BCUT2D eigenvalue weighted by atomic mass is 14.7. The second kappa shape index (κ2) is 8.28. The summed E-state index contributed by atoms with van der Waals surface area (Å²) in [4.78, 5) is 4.80. The smallest absolute Gasteiger partial charge is 0.0780 e. The minimum Gasteiger partial charge on any atom is -0.256 e. The summed E-state index contributed by atoms with van der Waals surface area (Å²) in [5, 5.41) is 5.28. The lowest BCUT2D eigenvalue weighted by atomic mass is 9.62. The zero-order valence-corrected chi connectivity index (χ0v) is 20.2. The zero-order valence-electron chi connectivity index (χ0n) is 20.2. The Morgan fingerprint density at radius 2 is 1.42 bits per heavy atom. The van der Waals surface area contributed by atoms with E-state index in [0.29, 0.717) is 5.41 Å². The van der Waals surface area contributed by atoms with Gasteiger partial charge in [0, 0.05) is 17.1 Å². The van der Waals surface area contributed by atoms with Gasteiger partial charge in [-0.1, -0.05) is 66.8 Å². The Bertz CT molecular complexity index is 1300. The first-order valence-corrected chi connectivity index (χ1v) is 13.0. The number of fused-ring (bicyclic) bond motifs is 3. The molecule has 2 fully saturated rings. The second-order valence-electron chi connectivity index (χ2n) is 11.0. The number of hydrogen-bond donors (Lipinski definition) is 0. The molecule has 0 bridgehead atoms. The Hall–Kier alpha value is -2.67. The molecule has 168 valence electrons. The first-order valence-electron chi connectivity index (χ1n) is 13.0. The van der Waals surface area contributed by atoms with Crippen LogP contribution in [0.1, 0.15) is 80.4 Å². The van der Waals surface area contributed by atoms with Gasteiger partial charge in [-0.15, -0.1) is 0 Å². The van der Waals surface area contributed by atoms with Crippen molar-refractivity contribution in [3.63, 3.8) is 0 Å². The van der Waals surface area contributed by atoms with Crippen LogP contribution >= 0.6 is 0 Å². The van der Waals surface area contributed by atoms with Crippen molar-refractivity contribution in [1.82, 2.24) is 4.98 Å². The Morgan fingerprint density at radius 3 is 2.18 bits per heavy atom. The van der Waals surface area contributed by atoms with Crippen LogP contribution in [0, 0.1) is 19.3 Å². The Morgan fingerprint density at radius 1 is 0.697 bits per heavy atom. The number of rotatable bonds is 2. The van der Waals surface area contributed by atoms with Gasteiger partial charge in [-0.05, 0) is 104 Å². The van der Waals surface area contributed by atoms with E-state index in [0.717, 1.165) is 11.6 Å². The molecule has 2 saturated carbocycles. The third-order valence-electron chi connectivity index (χ3n) is 8.71. The van der Waals surface area contributed by atoms with E-state index in [1.807, 2.05) is 6.20 Å². The fraction of sp³-hybridized carbons (Fsp3) is 0.406. The molecule has 1 heterocycles. The van der Waals surface area contributed by atoms with Gasteiger partial charge in [0.15, 0.2) is 0 Å². The van der Waals surface area contributed by atoms with Crippen molar-refractivity contribution >= 4 is 21.5 Å². The maximum absolute atomic E-state index is 4.80. The fourth-order valence-corrected chi connectivity index (χ4v) is 6.97. The topological polar surface area (TPSA) is 12.9 Å². The average molecular weight is 434 g/mol. The number of aryl methyl sites for hydroxylation is 2. The van der Waals surface area contributed by atoms with Gasteiger partial charge < -0.3 is 0 Å². The summed E-state index contributed by atoms with van der Waals surface area (Å²) >= 11 is 0. The summed E-state index contributed by atoms with van der Waals surface area (Å²) in [7, 11) is 0. The van der Waals surface area contributed by atoms with Crippen LogP contribution in [0.5, 0.6) is 0 Å². The molecule has 0 aliphatic heterocycles. The van der Waals surface area contributed by atoms with Gasteiger partial charge in [0.25, 0.3) is 0 Å². The molecule has 6 rings (SSSR count). The number of hydrogen-bond acceptors (Lipinski definition) is 1. The SMILES string of the molecule is Cc1cc(C)cc(-c2nccc3c2ccc2cc(C4CCC5(CCCCC5)CC4)ccc23)c1. The average Bonchev–Trinajstić information content (AvgIpc) is 2.83. The maximum atomic E-state index is 4.80. The number of benzene rings is 3. The first-order chi connectivity index (χ1) is 16.1. The molecule has 0 radical (unpaired) electrons. The summed E-state index contributed by atoms with van der Waals surface area (Å²) in [6, 6.07) is 20.8. The summed E-state index contributed by atoms with van der Waals surface area (Å²) < 4.78 is 0. The fourth-order valence-electron chi connectivity index (χ4n) is 6.97. The first kappa shape index (κ1) is 20.9. The predicted molar refractivity (Wildman–Crippen MR) is 141 cm³/mol. The molecule has 0 unspecified atom stereocenters.